The third-order valence-electron chi connectivity index (χ3n) is 1.65. The number of ether oxygens (including phenoxy) is 2. The van der Waals surface area contributed by atoms with E-state index in [4.69, 9.17) is 9.47 Å². The van der Waals surface area contributed by atoms with Gasteiger partial charge in [0.1, 0.15) is 5.60 Å². The molecule has 0 amide bonds. The second-order valence-corrected chi connectivity index (χ2v) is 4.96. The largest absolute Gasteiger partial charge is 0.460 e. The summed E-state index contributed by atoms with van der Waals surface area (Å²) in [6.45, 7) is 10.4. The van der Waals surface area contributed by atoms with Crippen molar-refractivity contribution in [2.24, 2.45) is 0 Å². The molecular weight excluding hydrogens is 192 g/mol. The molecule has 0 unspecified atom stereocenters. The Balaban J connectivity index is 3.40. The lowest BCUT2D eigenvalue weighted by atomic mass is 10.2. The molecule has 0 aromatic carbocycles. The summed E-state index contributed by atoms with van der Waals surface area (Å²) in [5, 5.41) is 0. The van der Waals surface area contributed by atoms with Crippen LogP contribution in [0.1, 0.15) is 53.9 Å². The average Bonchev–Trinajstić information content (AvgIpc) is 1.99. The monoisotopic (exact) mass is 216 g/mol. The Kier molecular flexibility index (Phi) is 6.57. The molecule has 0 aromatic heterocycles. The van der Waals surface area contributed by atoms with Crippen LogP contribution in [0.25, 0.3) is 0 Å². The zero-order chi connectivity index (χ0) is 11.9. The maximum Gasteiger partial charge on any atom is 0.306 e. The number of unbranched alkanes of at least 4 members (excludes halogenated alkanes) is 1. The van der Waals surface area contributed by atoms with Crippen LogP contribution >= 0.6 is 0 Å². The van der Waals surface area contributed by atoms with E-state index in [9.17, 15) is 4.79 Å². The first kappa shape index (κ1) is 14.4. The van der Waals surface area contributed by atoms with Crippen LogP contribution in [-0.2, 0) is 14.3 Å². The lowest BCUT2D eigenvalue weighted by molar-refractivity contribution is -0.154. The molecule has 0 saturated heterocycles. The first-order chi connectivity index (χ1) is 6.81. The summed E-state index contributed by atoms with van der Waals surface area (Å²) in [4.78, 5) is 11.3. The van der Waals surface area contributed by atoms with Crippen molar-refractivity contribution in [1.82, 2.24) is 0 Å². The summed E-state index contributed by atoms with van der Waals surface area (Å²) in [6, 6.07) is 0. The molecule has 0 aromatic rings. The van der Waals surface area contributed by atoms with Crippen molar-refractivity contribution >= 4 is 5.97 Å². The van der Waals surface area contributed by atoms with Crippen molar-refractivity contribution in [1.29, 1.82) is 0 Å². The van der Waals surface area contributed by atoms with Crippen molar-refractivity contribution in [3.8, 4) is 0 Å². The van der Waals surface area contributed by atoms with Gasteiger partial charge < -0.3 is 9.47 Å². The maximum absolute atomic E-state index is 11.3. The molecule has 0 atom stereocenters. The van der Waals surface area contributed by atoms with Gasteiger partial charge in [0.2, 0.25) is 0 Å². The van der Waals surface area contributed by atoms with E-state index in [0.29, 0.717) is 6.42 Å². The average molecular weight is 216 g/mol. The van der Waals surface area contributed by atoms with E-state index >= 15 is 0 Å². The SMILES string of the molecule is CC(C)OCCCCC(=O)OC(C)(C)C. The Bertz CT molecular complexity index is 180. The molecule has 3 heteroatoms. The normalized spacial score (nSPS) is 11.9. The van der Waals surface area contributed by atoms with Crippen LogP contribution in [-0.4, -0.2) is 24.3 Å². The first-order valence-corrected chi connectivity index (χ1v) is 5.65. The van der Waals surface area contributed by atoms with Crippen molar-refractivity contribution in [2.45, 2.75) is 65.6 Å². The molecule has 0 fully saturated rings. The van der Waals surface area contributed by atoms with Gasteiger partial charge in [0.05, 0.1) is 6.10 Å². The van der Waals surface area contributed by atoms with Crippen molar-refractivity contribution in [3.05, 3.63) is 0 Å². The predicted molar refractivity (Wildman–Crippen MR) is 60.8 cm³/mol. The fourth-order valence-corrected chi connectivity index (χ4v) is 1.08. The number of carbonyl (C=O) groups is 1. The summed E-state index contributed by atoms with van der Waals surface area (Å²) < 4.78 is 10.6. The summed E-state index contributed by atoms with van der Waals surface area (Å²) in [7, 11) is 0. The van der Waals surface area contributed by atoms with Crippen LogP contribution < -0.4 is 0 Å². The highest BCUT2D eigenvalue weighted by Gasteiger charge is 2.15. The topological polar surface area (TPSA) is 35.5 Å². The predicted octanol–water partition coefficient (Wildman–Crippen LogP) is 2.92. The maximum atomic E-state index is 11.3. The molecule has 0 aliphatic carbocycles. The Hall–Kier alpha value is -0.570. The lowest BCUT2D eigenvalue weighted by Gasteiger charge is -2.19. The molecule has 90 valence electrons. The second-order valence-electron chi connectivity index (χ2n) is 4.96. The fraction of sp³-hybridized carbons (Fsp3) is 0.917. The summed E-state index contributed by atoms with van der Waals surface area (Å²) in [6.07, 6.45) is 2.50. The van der Waals surface area contributed by atoms with Gasteiger partial charge >= 0.3 is 5.97 Å². The molecular formula is C12H24O3. The van der Waals surface area contributed by atoms with Gasteiger partial charge in [0.15, 0.2) is 0 Å². The van der Waals surface area contributed by atoms with Gasteiger partial charge in [-0.2, -0.15) is 0 Å². The number of hydrogen-bond acceptors (Lipinski definition) is 3. The third kappa shape index (κ3) is 11.4. The van der Waals surface area contributed by atoms with Gasteiger partial charge in [0.25, 0.3) is 0 Å². The summed E-state index contributed by atoms with van der Waals surface area (Å²) in [5.74, 6) is -0.118. The van der Waals surface area contributed by atoms with E-state index in [2.05, 4.69) is 0 Å². The van der Waals surface area contributed by atoms with Gasteiger partial charge in [-0.1, -0.05) is 0 Å². The standard InChI is InChI=1S/C12H24O3/c1-10(2)14-9-7-6-8-11(13)15-12(3,4)5/h10H,6-9H2,1-5H3. The number of hydrogen-bond donors (Lipinski definition) is 0. The Labute approximate surface area is 93.1 Å². The highest BCUT2D eigenvalue weighted by atomic mass is 16.6. The molecule has 15 heavy (non-hydrogen) atoms. The van der Waals surface area contributed by atoms with Gasteiger partial charge in [-0.05, 0) is 47.5 Å². The van der Waals surface area contributed by atoms with E-state index in [1.165, 1.54) is 0 Å². The minimum atomic E-state index is -0.370. The molecule has 0 aliphatic rings. The molecule has 0 aliphatic heterocycles. The molecule has 0 heterocycles. The Morgan fingerprint density at radius 2 is 1.80 bits per heavy atom. The molecule has 0 saturated carbocycles. The van der Waals surface area contributed by atoms with Gasteiger partial charge in [-0.3, -0.25) is 4.79 Å². The summed E-state index contributed by atoms with van der Waals surface area (Å²) >= 11 is 0. The van der Waals surface area contributed by atoms with Crippen LogP contribution in [0.15, 0.2) is 0 Å². The minimum Gasteiger partial charge on any atom is -0.460 e. The zero-order valence-electron chi connectivity index (χ0n) is 10.6. The fourth-order valence-electron chi connectivity index (χ4n) is 1.08. The van der Waals surface area contributed by atoms with Crippen LogP contribution in [0, 0.1) is 0 Å². The van der Waals surface area contributed by atoms with Gasteiger partial charge in [-0.25, -0.2) is 0 Å². The zero-order valence-corrected chi connectivity index (χ0v) is 10.6. The van der Waals surface area contributed by atoms with Crippen molar-refractivity contribution < 1.29 is 14.3 Å². The minimum absolute atomic E-state index is 0.118. The Morgan fingerprint density at radius 3 is 2.27 bits per heavy atom. The molecule has 0 bridgehead atoms. The van der Waals surface area contributed by atoms with Gasteiger partial charge in [-0.15, -0.1) is 0 Å². The highest BCUT2D eigenvalue weighted by Crippen LogP contribution is 2.09. The molecule has 0 rings (SSSR count). The summed E-state index contributed by atoms with van der Waals surface area (Å²) in [5.41, 5.74) is -0.370. The molecule has 0 N–H and O–H groups in total. The smallest absolute Gasteiger partial charge is 0.306 e. The molecule has 0 radical (unpaired) electrons. The lowest BCUT2D eigenvalue weighted by Crippen LogP contribution is -2.23. The van der Waals surface area contributed by atoms with Crippen LogP contribution in [0.3, 0.4) is 0 Å². The van der Waals surface area contributed by atoms with Crippen molar-refractivity contribution in [2.75, 3.05) is 6.61 Å². The second kappa shape index (κ2) is 6.83. The molecule has 3 nitrogen and oxygen atoms in total. The number of carbonyl (C=O) groups excluding carboxylic acids is 1. The molecule has 0 spiro atoms. The number of esters is 1. The van der Waals surface area contributed by atoms with E-state index in [-0.39, 0.29) is 17.7 Å². The van der Waals surface area contributed by atoms with Crippen molar-refractivity contribution in [3.63, 3.8) is 0 Å². The van der Waals surface area contributed by atoms with Crippen LogP contribution in [0.5, 0.6) is 0 Å². The quantitative estimate of drug-likeness (QED) is 0.506. The van der Waals surface area contributed by atoms with Crippen LogP contribution in [0.2, 0.25) is 0 Å². The first-order valence-electron chi connectivity index (χ1n) is 5.65. The van der Waals surface area contributed by atoms with E-state index in [1.54, 1.807) is 0 Å². The van der Waals surface area contributed by atoms with E-state index in [0.717, 1.165) is 19.4 Å². The van der Waals surface area contributed by atoms with Gasteiger partial charge in [0, 0.05) is 13.0 Å². The van der Waals surface area contributed by atoms with E-state index in [1.807, 2.05) is 34.6 Å². The third-order valence-corrected chi connectivity index (χ3v) is 1.65. The van der Waals surface area contributed by atoms with Crippen LogP contribution in [0.4, 0.5) is 0 Å². The number of rotatable bonds is 6. The van der Waals surface area contributed by atoms with E-state index < -0.39 is 0 Å². The Morgan fingerprint density at radius 1 is 1.20 bits per heavy atom. The highest BCUT2D eigenvalue weighted by molar-refractivity contribution is 5.69.